The molecule has 0 aromatic heterocycles. The van der Waals surface area contributed by atoms with Crippen LogP contribution in [0.2, 0.25) is 5.02 Å². The molecule has 0 aliphatic rings. The van der Waals surface area contributed by atoms with E-state index in [0.717, 1.165) is 6.07 Å². The third-order valence-corrected chi connectivity index (χ3v) is 2.78. The second-order valence-corrected chi connectivity index (χ2v) is 4.16. The average Bonchev–Trinajstić information content (AvgIpc) is 2.30. The van der Waals surface area contributed by atoms with Gasteiger partial charge in [-0.2, -0.15) is 0 Å². The maximum absolute atomic E-state index is 13.6. The Labute approximate surface area is 108 Å². The van der Waals surface area contributed by atoms with Gasteiger partial charge in [-0.05, 0) is 25.1 Å². The summed E-state index contributed by atoms with van der Waals surface area (Å²) in [5.41, 5.74) is 4.55. The first-order chi connectivity index (χ1) is 8.38. The summed E-state index contributed by atoms with van der Waals surface area (Å²) < 4.78 is 13.6. The molecule has 0 amide bonds. The highest BCUT2D eigenvalue weighted by Gasteiger charge is 2.23. The Morgan fingerprint density at radius 3 is 2.56 bits per heavy atom. The minimum atomic E-state index is -1.51. The van der Waals surface area contributed by atoms with Crippen LogP contribution in [0.5, 0.6) is 0 Å². The lowest BCUT2D eigenvalue weighted by Gasteiger charge is -2.18. The van der Waals surface area contributed by atoms with Gasteiger partial charge in [0.15, 0.2) is 0 Å². The molecule has 0 fully saturated rings. The fourth-order valence-corrected chi connectivity index (χ4v) is 1.74. The molecule has 0 bridgehead atoms. The molecule has 0 radical (unpaired) electrons. The summed E-state index contributed by atoms with van der Waals surface area (Å²) in [4.78, 5) is 10.7. The van der Waals surface area contributed by atoms with Crippen LogP contribution >= 0.6 is 11.6 Å². The second kappa shape index (κ2) is 6.10. The zero-order chi connectivity index (χ0) is 13.9. The summed E-state index contributed by atoms with van der Waals surface area (Å²) in [7, 11) is 0. The quantitative estimate of drug-likeness (QED) is 0.641. The van der Waals surface area contributed by atoms with Crippen molar-refractivity contribution in [2.45, 2.75) is 18.6 Å². The van der Waals surface area contributed by atoms with Crippen LogP contribution in [0.4, 0.5) is 4.39 Å². The molecule has 0 heterocycles. The first-order valence-electron chi connectivity index (χ1n) is 5.17. The molecule has 1 aromatic rings. The molecule has 100 valence electrons. The van der Waals surface area contributed by atoms with Crippen molar-refractivity contribution >= 4 is 17.6 Å². The zero-order valence-corrected chi connectivity index (χ0v) is 10.1. The lowest BCUT2D eigenvalue weighted by Crippen LogP contribution is -2.22. The molecule has 0 spiro atoms. The molecular weight excluding hydrogens is 265 g/mol. The average molecular weight is 278 g/mol. The molecule has 0 aliphatic carbocycles. The minimum Gasteiger partial charge on any atom is -0.478 e. The number of hydrogen-bond acceptors (Lipinski definition) is 4. The second-order valence-electron chi connectivity index (χ2n) is 3.75. The number of aliphatic hydroxyl groups is 2. The molecule has 1 aromatic carbocycles. The molecule has 5 nitrogen and oxygen atoms in total. The van der Waals surface area contributed by atoms with E-state index in [4.69, 9.17) is 22.4 Å². The molecule has 5 N–H and O–H groups in total. The molecule has 2 atom stereocenters. The van der Waals surface area contributed by atoms with Crippen molar-refractivity contribution in [3.8, 4) is 0 Å². The van der Waals surface area contributed by atoms with Crippen molar-refractivity contribution in [3.63, 3.8) is 0 Å². The van der Waals surface area contributed by atoms with Gasteiger partial charge in [0.05, 0.1) is 16.7 Å². The predicted octanol–water partition coefficient (Wildman–Crippen LogP) is 0.920. The summed E-state index contributed by atoms with van der Waals surface area (Å²) in [5, 5.41) is 27.7. The van der Waals surface area contributed by atoms with Crippen LogP contribution < -0.4 is 5.73 Å². The Morgan fingerprint density at radius 2 is 2.06 bits per heavy atom. The van der Waals surface area contributed by atoms with E-state index in [9.17, 15) is 19.4 Å². The third-order valence-electron chi connectivity index (χ3n) is 2.46. The van der Waals surface area contributed by atoms with Gasteiger partial charge in [0.2, 0.25) is 0 Å². The number of carboxylic acid groups (broad SMARTS) is 1. The summed E-state index contributed by atoms with van der Waals surface area (Å²) in [6, 6.07) is 1.70. The van der Waals surface area contributed by atoms with Crippen molar-refractivity contribution in [2.24, 2.45) is 5.73 Å². The van der Waals surface area contributed by atoms with Crippen LogP contribution in [0.1, 0.15) is 28.4 Å². The summed E-state index contributed by atoms with van der Waals surface area (Å²) in [6.07, 6.45) is -2.66. The zero-order valence-electron chi connectivity index (χ0n) is 9.31. The van der Waals surface area contributed by atoms with Crippen LogP contribution in [0.15, 0.2) is 12.1 Å². The number of hydrogen-bond donors (Lipinski definition) is 4. The molecule has 0 aliphatic heterocycles. The molecule has 18 heavy (non-hydrogen) atoms. The van der Waals surface area contributed by atoms with Crippen molar-refractivity contribution in [2.75, 3.05) is 6.54 Å². The van der Waals surface area contributed by atoms with Crippen molar-refractivity contribution in [1.29, 1.82) is 0 Å². The standard InChI is InChI=1S/C11H13ClFNO4/c12-7-3-6(10(16)9(15)1-2-14)8(13)4-5(7)11(17)18/h3-4,9-10,15-16H,1-2,14H2,(H,17,18). The summed E-state index contributed by atoms with van der Waals surface area (Å²) >= 11 is 5.66. The fourth-order valence-electron chi connectivity index (χ4n) is 1.49. The van der Waals surface area contributed by atoms with E-state index in [-0.39, 0.29) is 23.6 Å². The monoisotopic (exact) mass is 277 g/mol. The maximum atomic E-state index is 13.6. The highest BCUT2D eigenvalue weighted by Crippen LogP contribution is 2.27. The number of benzene rings is 1. The van der Waals surface area contributed by atoms with Gasteiger partial charge in [-0.15, -0.1) is 0 Å². The van der Waals surface area contributed by atoms with Crippen molar-refractivity contribution < 1.29 is 24.5 Å². The van der Waals surface area contributed by atoms with Gasteiger partial charge in [0, 0.05) is 5.56 Å². The van der Waals surface area contributed by atoms with Crippen molar-refractivity contribution in [1.82, 2.24) is 0 Å². The van der Waals surface area contributed by atoms with Crippen LogP contribution in [-0.4, -0.2) is 33.9 Å². The molecule has 1 rings (SSSR count). The summed E-state index contributed by atoms with van der Waals surface area (Å²) in [5.74, 6) is -2.32. The van der Waals surface area contributed by atoms with Gasteiger partial charge in [-0.25, -0.2) is 9.18 Å². The first kappa shape index (κ1) is 14.8. The van der Waals surface area contributed by atoms with Crippen LogP contribution in [-0.2, 0) is 0 Å². The maximum Gasteiger partial charge on any atom is 0.337 e. The minimum absolute atomic E-state index is 0.0822. The summed E-state index contributed by atoms with van der Waals surface area (Å²) in [6.45, 7) is 0.126. The SMILES string of the molecule is NCCC(O)C(O)c1cc(Cl)c(C(=O)O)cc1F. The van der Waals surface area contributed by atoms with Gasteiger partial charge in [-0.3, -0.25) is 0 Å². The number of aromatic carboxylic acids is 1. The Morgan fingerprint density at radius 1 is 1.44 bits per heavy atom. The highest BCUT2D eigenvalue weighted by atomic mass is 35.5. The molecular formula is C11H13ClFNO4. The van der Waals surface area contributed by atoms with Crippen LogP contribution in [0, 0.1) is 5.82 Å². The van der Waals surface area contributed by atoms with E-state index in [2.05, 4.69) is 0 Å². The molecule has 0 saturated carbocycles. The topological polar surface area (TPSA) is 104 Å². The Balaban J connectivity index is 3.11. The van der Waals surface area contributed by atoms with E-state index in [1.807, 2.05) is 0 Å². The number of aliphatic hydroxyl groups excluding tert-OH is 2. The first-order valence-corrected chi connectivity index (χ1v) is 5.54. The van der Waals surface area contributed by atoms with E-state index in [0.29, 0.717) is 6.07 Å². The van der Waals surface area contributed by atoms with Gasteiger partial charge in [0.1, 0.15) is 11.9 Å². The molecule has 2 unspecified atom stereocenters. The van der Waals surface area contributed by atoms with E-state index in [1.165, 1.54) is 0 Å². The van der Waals surface area contributed by atoms with E-state index in [1.54, 1.807) is 0 Å². The van der Waals surface area contributed by atoms with Gasteiger partial charge in [-0.1, -0.05) is 11.6 Å². The smallest absolute Gasteiger partial charge is 0.337 e. The lowest BCUT2D eigenvalue weighted by molar-refractivity contribution is 0.0129. The number of carboxylic acids is 1. The van der Waals surface area contributed by atoms with Crippen LogP contribution in [0.25, 0.3) is 0 Å². The van der Waals surface area contributed by atoms with Gasteiger partial charge >= 0.3 is 5.97 Å². The highest BCUT2D eigenvalue weighted by molar-refractivity contribution is 6.33. The van der Waals surface area contributed by atoms with E-state index >= 15 is 0 Å². The number of halogens is 2. The van der Waals surface area contributed by atoms with Gasteiger partial charge < -0.3 is 21.1 Å². The number of nitrogens with two attached hydrogens (primary N) is 1. The molecule has 0 saturated heterocycles. The molecule has 7 heteroatoms. The Kier molecular flexibility index (Phi) is 5.03. The largest absolute Gasteiger partial charge is 0.478 e. The number of rotatable bonds is 5. The van der Waals surface area contributed by atoms with Gasteiger partial charge in [0.25, 0.3) is 0 Å². The predicted molar refractivity (Wildman–Crippen MR) is 63.0 cm³/mol. The Hall–Kier alpha value is -1.21. The van der Waals surface area contributed by atoms with Crippen molar-refractivity contribution in [3.05, 3.63) is 34.1 Å². The normalized spacial score (nSPS) is 14.3. The fraction of sp³-hybridized carbons (Fsp3) is 0.364. The third kappa shape index (κ3) is 3.17. The number of carbonyl (C=O) groups is 1. The van der Waals surface area contributed by atoms with Crippen LogP contribution in [0.3, 0.4) is 0 Å². The van der Waals surface area contributed by atoms with E-state index < -0.39 is 29.6 Å². The Bertz CT molecular complexity index is 455. The lowest BCUT2D eigenvalue weighted by atomic mass is 10.00.